The van der Waals surface area contributed by atoms with Gasteiger partial charge in [-0.25, -0.2) is 4.98 Å². The van der Waals surface area contributed by atoms with Crippen LogP contribution in [0.15, 0.2) is 42.6 Å². The van der Waals surface area contributed by atoms with Crippen molar-refractivity contribution in [1.29, 1.82) is 0 Å². The Kier molecular flexibility index (Phi) is 3.46. The molecule has 1 aromatic heterocycles. The summed E-state index contributed by atoms with van der Waals surface area (Å²) >= 11 is 6.46. The lowest BCUT2D eigenvalue weighted by molar-refractivity contribution is 0.174. The van der Waals surface area contributed by atoms with E-state index in [-0.39, 0.29) is 6.79 Å². The highest BCUT2D eigenvalue weighted by Gasteiger charge is 2.17. The second-order valence-electron chi connectivity index (χ2n) is 5.14. The molecular formula is C18H14ClNO3. The number of pyridine rings is 1. The summed E-state index contributed by atoms with van der Waals surface area (Å²) < 4.78 is 16.5. The normalized spacial score (nSPS) is 12.6. The monoisotopic (exact) mass is 327 g/mol. The van der Waals surface area contributed by atoms with Gasteiger partial charge in [-0.15, -0.1) is 0 Å². The molecule has 0 unspecified atom stereocenters. The van der Waals surface area contributed by atoms with E-state index in [9.17, 15) is 0 Å². The molecule has 23 heavy (non-hydrogen) atoms. The molecule has 0 N–H and O–H groups in total. The van der Waals surface area contributed by atoms with Crippen LogP contribution in [0.4, 0.5) is 0 Å². The standard InChI is InChI=1S/C18H14ClNO3/c1-2-21-18-12-4-3-5-14(19)17(12)13(9-20-18)11-6-7-15-16(8-11)23-10-22-15/h3-9H,2,10H2,1H3. The van der Waals surface area contributed by atoms with Crippen molar-refractivity contribution < 1.29 is 14.2 Å². The van der Waals surface area contributed by atoms with Gasteiger partial charge in [-0.3, -0.25) is 0 Å². The van der Waals surface area contributed by atoms with Crippen molar-refractivity contribution in [3.05, 3.63) is 47.6 Å². The van der Waals surface area contributed by atoms with E-state index in [2.05, 4.69) is 4.98 Å². The molecule has 1 aliphatic rings. The number of hydrogen-bond donors (Lipinski definition) is 0. The first-order chi connectivity index (χ1) is 11.3. The molecule has 116 valence electrons. The molecule has 0 fully saturated rings. The van der Waals surface area contributed by atoms with Gasteiger partial charge in [0, 0.05) is 27.6 Å². The van der Waals surface area contributed by atoms with Crippen LogP contribution >= 0.6 is 11.6 Å². The average molecular weight is 328 g/mol. The van der Waals surface area contributed by atoms with Crippen LogP contribution in [0.3, 0.4) is 0 Å². The topological polar surface area (TPSA) is 40.6 Å². The van der Waals surface area contributed by atoms with E-state index in [4.69, 9.17) is 25.8 Å². The Bertz CT molecular complexity index is 895. The Balaban J connectivity index is 1.95. The Morgan fingerprint density at radius 3 is 2.91 bits per heavy atom. The third kappa shape index (κ3) is 2.35. The Morgan fingerprint density at radius 1 is 1.17 bits per heavy atom. The zero-order valence-corrected chi connectivity index (χ0v) is 13.3. The third-order valence-electron chi connectivity index (χ3n) is 3.79. The second-order valence-corrected chi connectivity index (χ2v) is 5.55. The number of aromatic nitrogens is 1. The van der Waals surface area contributed by atoms with Crippen LogP contribution in [0, 0.1) is 0 Å². The number of benzene rings is 2. The predicted molar refractivity (Wildman–Crippen MR) is 89.5 cm³/mol. The number of ether oxygens (including phenoxy) is 3. The Morgan fingerprint density at radius 2 is 2.04 bits per heavy atom. The van der Waals surface area contributed by atoms with Gasteiger partial charge in [-0.2, -0.15) is 0 Å². The van der Waals surface area contributed by atoms with Crippen molar-refractivity contribution >= 4 is 22.4 Å². The molecule has 5 heteroatoms. The van der Waals surface area contributed by atoms with Crippen molar-refractivity contribution in [2.75, 3.05) is 13.4 Å². The highest BCUT2D eigenvalue weighted by atomic mass is 35.5. The maximum absolute atomic E-state index is 6.46. The quantitative estimate of drug-likeness (QED) is 0.700. The van der Waals surface area contributed by atoms with Crippen molar-refractivity contribution in [2.24, 2.45) is 0 Å². The van der Waals surface area contributed by atoms with Crippen LogP contribution in [0.2, 0.25) is 5.02 Å². The molecule has 0 saturated heterocycles. The number of rotatable bonds is 3. The van der Waals surface area contributed by atoms with Gasteiger partial charge in [0.2, 0.25) is 12.7 Å². The van der Waals surface area contributed by atoms with E-state index in [0.717, 1.165) is 33.4 Å². The predicted octanol–water partition coefficient (Wildman–Crippen LogP) is 4.68. The van der Waals surface area contributed by atoms with Gasteiger partial charge < -0.3 is 14.2 Å². The minimum Gasteiger partial charge on any atom is -0.478 e. The summed E-state index contributed by atoms with van der Waals surface area (Å²) in [5.41, 5.74) is 1.91. The number of nitrogens with zero attached hydrogens (tertiary/aromatic N) is 1. The Labute approximate surface area is 138 Å². The number of halogens is 1. The van der Waals surface area contributed by atoms with Crippen molar-refractivity contribution in [2.45, 2.75) is 6.92 Å². The summed E-state index contributed by atoms with van der Waals surface area (Å²) in [6.45, 7) is 2.74. The first-order valence-electron chi connectivity index (χ1n) is 7.38. The molecule has 0 aliphatic carbocycles. The zero-order valence-electron chi connectivity index (χ0n) is 12.5. The molecule has 0 radical (unpaired) electrons. The van der Waals surface area contributed by atoms with Gasteiger partial charge in [-0.1, -0.05) is 23.7 Å². The van der Waals surface area contributed by atoms with Crippen molar-refractivity contribution in [3.8, 4) is 28.5 Å². The van der Waals surface area contributed by atoms with E-state index in [1.165, 1.54) is 0 Å². The first-order valence-corrected chi connectivity index (χ1v) is 7.75. The smallest absolute Gasteiger partial charge is 0.231 e. The van der Waals surface area contributed by atoms with E-state index in [1.807, 2.05) is 43.3 Å². The highest BCUT2D eigenvalue weighted by Crippen LogP contribution is 2.41. The summed E-state index contributed by atoms with van der Waals surface area (Å²) in [5, 5.41) is 2.49. The molecule has 0 bridgehead atoms. The largest absolute Gasteiger partial charge is 0.478 e. The summed E-state index contributed by atoms with van der Waals surface area (Å²) in [4.78, 5) is 4.45. The van der Waals surface area contributed by atoms with Crippen molar-refractivity contribution in [1.82, 2.24) is 4.98 Å². The number of fused-ring (bicyclic) bond motifs is 2. The fraction of sp³-hybridized carbons (Fsp3) is 0.167. The van der Waals surface area contributed by atoms with Gasteiger partial charge in [0.15, 0.2) is 11.5 Å². The van der Waals surface area contributed by atoms with Crippen LogP contribution in [-0.4, -0.2) is 18.4 Å². The summed E-state index contributed by atoms with van der Waals surface area (Å²) in [6.07, 6.45) is 1.79. The van der Waals surface area contributed by atoms with E-state index in [0.29, 0.717) is 17.5 Å². The lowest BCUT2D eigenvalue weighted by atomic mass is 10.00. The molecule has 3 aromatic rings. The minimum absolute atomic E-state index is 0.252. The van der Waals surface area contributed by atoms with Crippen LogP contribution in [0.25, 0.3) is 21.9 Å². The van der Waals surface area contributed by atoms with Crippen LogP contribution < -0.4 is 14.2 Å². The molecule has 0 saturated carbocycles. The van der Waals surface area contributed by atoms with Gasteiger partial charge >= 0.3 is 0 Å². The summed E-state index contributed by atoms with van der Waals surface area (Å²) in [6, 6.07) is 11.6. The van der Waals surface area contributed by atoms with E-state index in [1.54, 1.807) is 6.20 Å². The molecule has 0 atom stereocenters. The highest BCUT2D eigenvalue weighted by molar-refractivity contribution is 6.36. The second kappa shape index (κ2) is 5.63. The van der Waals surface area contributed by atoms with Crippen molar-refractivity contribution in [3.63, 3.8) is 0 Å². The lowest BCUT2D eigenvalue weighted by Gasteiger charge is -2.12. The zero-order chi connectivity index (χ0) is 15.8. The molecule has 4 rings (SSSR count). The first kappa shape index (κ1) is 14.2. The molecule has 0 amide bonds. The fourth-order valence-electron chi connectivity index (χ4n) is 2.77. The maximum atomic E-state index is 6.46. The lowest BCUT2D eigenvalue weighted by Crippen LogP contribution is -1.96. The molecule has 1 aliphatic heterocycles. The van der Waals surface area contributed by atoms with Gasteiger partial charge in [0.05, 0.1) is 6.61 Å². The third-order valence-corrected chi connectivity index (χ3v) is 4.10. The summed E-state index contributed by atoms with van der Waals surface area (Å²) in [5.74, 6) is 2.08. The summed E-state index contributed by atoms with van der Waals surface area (Å²) in [7, 11) is 0. The molecular weight excluding hydrogens is 314 g/mol. The van der Waals surface area contributed by atoms with Crippen LogP contribution in [-0.2, 0) is 0 Å². The average Bonchev–Trinajstić information content (AvgIpc) is 3.03. The van der Waals surface area contributed by atoms with Gasteiger partial charge in [0.25, 0.3) is 0 Å². The maximum Gasteiger partial charge on any atom is 0.231 e. The molecule has 4 nitrogen and oxygen atoms in total. The SMILES string of the molecule is CCOc1ncc(-c2ccc3c(c2)OCO3)c2c(Cl)cccc12. The molecule has 2 aromatic carbocycles. The fourth-order valence-corrected chi connectivity index (χ4v) is 3.04. The van der Waals surface area contributed by atoms with Gasteiger partial charge in [0.1, 0.15) is 0 Å². The van der Waals surface area contributed by atoms with Crippen LogP contribution in [0.5, 0.6) is 17.4 Å². The number of hydrogen-bond acceptors (Lipinski definition) is 4. The molecule has 0 spiro atoms. The van der Waals surface area contributed by atoms with E-state index < -0.39 is 0 Å². The Hall–Kier alpha value is -2.46. The van der Waals surface area contributed by atoms with E-state index >= 15 is 0 Å². The molecule has 2 heterocycles. The van der Waals surface area contributed by atoms with Gasteiger partial charge in [-0.05, 0) is 36.8 Å². The van der Waals surface area contributed by atoms with Crippen LogP contribution in [0.1, 0.15) is 6.92 Å². The minimum atomic E-state index is 0.252.